The van der Waals surface area contributed by atoms with Gasteiger partial charge in [0.05, 0.1) is 12.5 Å². The molecule has 0 aromatic heterocycles. The average Bonchev–Trinajstić information content (AvgIpc) is 2.27. The standard InChI is InChI=1S/C12H22O6S2/c1-5-7-9-11(17-19(3,13)14)12(10-8-6-2)18-20(4,15)16/h5-6,11-12H,1-2,7-10H2,3-4H3/t11-,12-/m0/s1. The Morgan fingerprint density at radius 3 is 1.35 bits per heavy atom. The van der Waals surface area contributed by atoms with Gasteiger partial charge in [-0.25, -0.2) is 0 Å². The van der Waals surface area contributed by atoms with E-state index in [1.165, 1.54) is 0 Å². The lowest BCUT2D eigenvalue weighted by Gasteiger charge is -2.24. The third-order valence-corrected chi connectivity index (χ3v) is 3.52. The first kappa shape index (κ1) is 19.3. The van der Waals surface area contributed by atoms with Crippen LogP contribution in [0, 0.1) is 0 Å². The second kappa shape index (κ2) is 8.56. The van der Waals surface area contributed by atoms with Gasteiger partial charge in [0.2, 0.25) is 0 Å². The van der Waals surface area contributed by atoms with Gasteiger partial charge in [-0.3, -0.25) is 8.37 Å². The van der Waals surface area contributed by atoms with Gasteiger partial charge in [-0.05, 0) is 25.7 Å². The molecule has 0 radical (unpaired) electrons. The predicted molar refractivity (Wildman–Crippen MR) is 78.3 cm³/mol. The number of rotatable bonds is 11. The first-order valence-corrected chi connectivity index (χ1v) is 9.70. The molecule has 8 heteroatoms. The molecule has 0 aromatic rings. The molecule has 0 fully saturated rings. The summed E-state index contributed by atoms with van der Waals surface area (Å²) in [6.45, 7) is 7.09. The summed E-state index contributed by atoms with van der Waals surface area (Å²) in [6.07, 6.45) is 4.85. The third kappa shape index (κ3) is 10.1. The molecule has 118 valence electrons. The molecule has 0 aliphatic carbocycles. The quantitative estimate of drug-likeness (QED) is 0.423. The van der Waals surface area contributed by atoms with E-state index in [0.717, 1.165) is 12.5 Å². The molecule has 2 atom stereocenters. The van der Waals surface area contributed by atoms with Gasteiger partial charge in [-0.2, -0.15) is 16.8 Å². The smallest absolute Gasteiger partial charge is 0.264 e. The highest BCUT2D eigenvalue weighted by Gasteiger charge is 2.28. The minimum absolute atomic E-state index is 0.300. The zero-order valence-corrected chi connectivity index (χ0v) is 13.5. The van der Waals surface area contributed by atoms with E-state index in [1.807, 2.05) is 0 Å². The average molecular weight is 326 g/mol. The van der Waals surface area contributed by atoms with E-state index in [9.17, 15) is 16.8 Å². The molecule has 0 heterocycles. The van der Waals surface area contributed by atoms with E-state index in [2.05, 4.69) is 13.2 Å². The summed E-state index contributed by atoms with van der Waals surface area (Å²) in [5.74, 6) is 0. The molecule has 20 heavy (non-hydrogen) atoms. The first-order chi connectivity index (χ1) is 9.09. The van der Waals surface area contributed by atoms with Crippen LogP contribution in [0.1, 0.15) is 25.7 Å². The van der Waals surface area contributed by atoms with Crippen LogP contribution >= 0.6 is 0 Å². The van der Waals surface area contributed by atoms with Crippen molar-refractivity contribution in [3.63, 3.8) is 0 Å². The highest BCUT2D eigenvalue weighted by molar-refractivity contribution is 7.86. The molecule has 0 rings (SSSR count). The van der Waals surface area contributed by atoms with Crippen molar-refractivity contribution in [3.8, 4) is 0 Å². The molecule has 0 aliphatic rings. The summed E-state index contributed by atoms with van der Waals surface area (Å²) in [4.78, 5) is 0. The van der Waals surface area contributed by atoms with Crippen LogP contribution in [0.25, 0.3) is 0 Å². The maximum Gasteiger partial charge on any atom is 0.264 e. The Kier molecular flexibility index (Phi) is 8.26. The lowest BCUT2D eigenvalue weighted by molar-refractivity contribution is 0.0541. The predicted octanol–water partition coefficient (Wildman–Crippen LogP) is 1.61. The summed E-state index contributed by atoms with van der Waals surface area (Å²) in [7, 11) is -7.43. The van der Waals surface area contributed by atoms with Crippen LogP contribution in [0.15, 0.2) is 25.3 Å². The van der Waals surface area contributed by atoms with Gasteiger partial charge >= 0.3 is 0 Å². The topological polar surface area (TPSA) is 86.7 Å². The van der Waals surface area contributed by atoms with Crippen molar-refractivity contribution in [2.24, 2.45) is 0 Å². The van der Waals surface area contributed by atoms with Gasteiger partial charge in [-0.1, -0.05) is 12.2 Å². The SMILES string of the molecule is C=CCC[C@H](OS(C)(=O)=O)[C@H](CCC=C)OS(C)(=O)=O. The van der Waals surface area contributed by atoms with Gasteiger partial charge in [0.25, 0.3) is 20.2 Å². The van der Waals surface area contributed by atoms with Crippen LogP contribution in [0.2, 0.25) is 0 Å². The molecular weight excluding hydrogens is 304 g/mol. The fraction of sp³-hybridized carbons (Fsp3) is 0.667. The maximum atomic E-state index is 11.3. The molecule has 0 saturated carbocycles. The Bertz CT molecular complexity index is 458. The van der Waals surface area contributed by atoms with E-state index >= 15 is 0 Å². The number of allylic oxidation sites excluding steroid dienone is 2. The summed E-state index contributed by atoms with van der Waals surface area (Å²) >= 11 is 0. The third-order valence-electron chi connectivity index (χ3n) is 2.32. The Morgan fingerprint density at radius 2 is 1.15 bits per heavy atom. The highest BCUT2D eigenvalue weighted by Crippen LogP contribution is 2.19. The van der Waals surface area contributed by atoms with Crippen LogP contribution in [-0.4, -0.2) is 41.6 Å². The minimum Gasteiger partial charge on any atom is -0.264 e. The van der Waals surface area contributed by atoms with Crippen molar-refractivity contribution in [3.05, 3.63) is 25.3 Å². The van der Waals surface area contributed by atoms with Gasteiger partial charge in [0.15, 0.2) is 0 Å². The van der Waals surface area contributed by atoms with Gasteiger partial charge < -0.3 is 0 Å². The van der Waals surface area contributed by atoms with Gasteiger partial charge in [-0.15, -0.1) is 13.2 Å². The molecule has 0 saturated heterocycles. The van der Waals surface area contributed by atoms with E-state index in [4.69, 9.17) is 8.37 Å². The van der Waals surface area contributed by atoms with Crippen molar-refractivity contribution in [1.29, 1.82) is 0 Å². The Hall–Kier alpha value is -0.700. The van der Waals surface area contributed by atoms with E-state index < -0.39 is 32.4 Å². The molecule has 0 N–H and O–H groups in total. The van der Waals surface area contributed by atoms with E-state index in [-0.39, 0.29) is 0 Å². The second-order valence-electron chi connectivity index (χ2n) is 4.41. The van der Waals surface area contributed by atoms with Gasteiger partial charge in [0, 0.05) is 0 Å². The van der Waals surface area contributed by atoms with Crippen molar-refractivity contribution in [1.82, 2.24) is 0 Å². The lowest BCUT2D eigenvalue weighted by Crippen LogP contribution is -2.35. The summed E-state index contributed by atoms with van der Waals surface area (Å²) in [6, 6.07) is 0. The Morgan fingerprint density at radius 1 is 0.850 bits per heavy atom. The largest absolute Gasteiger partial charge is 0.264 e. The van der Waals surface area contributed by atoms with E-state index in [0.29, 0.717) is 25.7 Å². The van der Waals surface area contributed by atoms with Crippen molar-refractivity contribution >= 4 is 20.2 Å². The van der Waals surface area contributed by atoms with Crippen LogP contribution in [0.5, 0.6) is 0 Å². The zero-order chi connectivity index (χ0) is 15.8. The molecule has 0 amide bonds. The Balaban J connectivity index is 5.13. The zero-order valence-electron chi connectivity index (χ0n) is 11.8. The molecule has 0 spiro atoms. The molecular formula is C12H22O6S2. The maximum absolute atomic E-state index is 11.3. The number of hydrogen-bond donors (Lipinski definition) is 0. The van der Waals surface area contributed by atoms with Gasteiger partial charge in [0.1, 0.15) is 12.2 Å². The number of hydrogen-bond acceptors (Lipinski definition) is 6. The van der Waals surface area contributed by atoms with E-state index in [1.54, 1.807) is 12.2 Å². The molecule has 0 bridgehead atoms. The minimum atomic E-state index is -3.71. The molecule has 0 aliphatic heterocycles. The van der Waals surface area contributed by atoms with Crippen LogP contribution in [0.4, 0.5) is 0 Å². The Labute approximate surface area is 121 Å². The van der Waals surface area contributed by atoms with Crippen molar-refractivity contribution < 1.29 is 25.2 Å². The van der Waals surface area contributed by atoms with Crippen LogP contribution in [-0.2, 0) is 28.6 Å². The molecule has 0 aromatic carbocycles. The second-order valence-corrected chi connectivity index (χ2v) is 7.61. The first-order valence-electron chi connectivity index (χ1n) is 6.07. The molecule has 6 nitrogen and oxygen atoms in total. The fourth-order valence-electron chi connectivity index (χ4n) is 1.61. The summed E-state index contributed by atoms with van der Waals surface area (Å²) < 4.78 is 55.0. The van der Waals surface area contributed by atoms with Crippen molar-refractivity contribution in [2.75, 3.05) is 12.5 Å². The normalized spacial score (nSPS) is 15.5. The van der Waals surface area contributed by atoms with Crippen LogP contribution in [0.3, 0.4) is 0 Å². The van der Waals surface area contributed by atoms with Crippen LogP contribution < -0.4 is 0 Å². The monoisotopic (exact) mass is 326 g/mol. The van der Waals surface area contributed by atoms with Crippen molar-refractivity contribution in [2.45, 2.75) is 37.9 Å². The molecule has 0 unspecified atom stereocenters. The summed E-state index contributed by atoms with van der Waals surface area (Å²) in [5.41, 5.74) is 0. The fourth-order valence-corrected chi connectivity index (χ4v) is 2.94. The summed E-state index contributed by atoms with van der Waals surface area (Å²) in [5, 5.41) is 0. The highest BCUT2D eigenvalue weighted by atomic mass is 32.2. The lowest BCUT2D eigenvalue weighted by atomic mass is 10.0.